The number of benzene rings is 4. The molecule has 0 unspecified atom stereocenters. The topological polar surface area (TPSA) is 103 Å². The van der Waals surface area contributed by atoms with Crippen molar-refractivity contribution in [1.82, 2.24) is 10.9 Å². The number of amides is 2. The van der Waals surface area contributed by atoms with Crippen LogP contribution in [0.15, 0.2) is 95.1 Å². The summed E-state index contributed by atoms with van der Waals surface area (Å²) in [5.74, 6) is 1.32. The van der Waals surface area contributed by atoms with Crippen molar-refractivity contribution in [2.75, 3.05) is 14.2 Å². The number of ether oxygens (including phenoxy) is 4. The molecule has 4 rings (SSSR count). The minimum atomic E-state index is -0.653. The van der Waals surface area contributed by atoms with Gasteiger partial charge in [-0.2, -0.15) is 10.2 Å². The minimum absolute atomic E-state index is 0.245. The van der Waals surface area contributed by atoms with E-state index in [0.29, 0.717) is 34.1 Å². The molecule has 9 nitrogen and oxygen atoms in total. The first-order valence-corrected chi connectivity index (χ1v) is 12.7. The molecular formula is C31H28F2N4O5. The van der Waals surface area contributed by atoms with Crippen molar-refractivity contribution in [3.63, 3.8) is 0 Å². The van der Waals surface area contributed by atoms with Crippen LogP contribution in [0.1, 0.15) is 22.3 Å². The Morgan fingerprint density at radius 1 is 0.643 bits per heavy atom. The fourth-order valence-corrected chi connectivity index (χ4v) is 3.61. The number of nitrogens with zero attached hydrogens (tertiary/aromatic N) is 2. The highest BCUT2D eigenvalue weighted by atomic mass is 19.1. The van der Waals surface area contributed by atoms with E-state index < -0.39 is 6.03 Å². The highest BCUT2D eigenvalue weighted by molar-refractivity contribution is 5.84. The first kappa shape index (κ1) is 29.5. The van der Waals surface area contributed by atoms with Gasteiger partial charge < -0.3 is 18.9 Å². The molecule has 216 valence electrons. The van der Waals surface area contributed by atoms with E-state index in [1.807, 2.05) is 0 Å². The van der Waals surface area contributed by atoms with Crippen molar-refractivity contribution < 1.29 is 32.5 Å². The van der Waals surface area contributed by atoms with Crippen molar-refractivity contribution in [3.05, 3.63) is 119 Å². The Morgan fingerprint density at radius 3 is 1.43 bits per heavy atom. The van der Waals surface area contributed by atoms with E-state index in [1.54, 1.807) is 60.7 Å². The third-order valence-corrected chi connectivity index (χ3v) is 5.75. The number of carbonyl (C=O) groups excluding carboxylic acids is 1. The molecule has 2 N–H and O–H groups in total. The molecule has 0 aliphatic rings. The monoisotopic (exact) mass is 574 g/mol. The van der Waals surface area contributed by atoms with Gasteiger partial charge >= 0.3 is 6.03 Å². The average molecular weight is 575 g/mol. The molecule has 42 heavy (non-hydrogen) atoms. The van der Waals surface area contributed by atoms with Crippen LogP contribution in [0.5, 0.6) is 23.0 Å². The highest BCUT2D eigenvalue weighted by Gasteiger charge is 2.08. The van der Waals surface area contributed by atoms with Crippen molar-refractivity contribution in [1.29, 1.82) is 0 Å². The number of hydrogen-bond acceptors (Lipinski definition) is 7. The van der Waals surface area contributed by atoms with Crippen LogP contribution in [0.25, 0.3) is 0 Å². The Hall–Kier alpha value is -5.45. The Labute approximate surface area is 241 Å². The number of halogens is 2. The molecule has 0 fully saturated rings. The van der Waals surface area contributed by atoms with Gasteiger partial charge in [-0.1, -0.05) is 24.3 Å². The SMILES string of the molecule is COc1cc(/C=N\NC(=O)N/N=C/c2ccc(OCc3ccc(F)cc3)c(OC)c2)ccc1OCc1ccc(F)cc1. The summed E-state index contributed by atoms with van der Waals surface area (Å²) < 4.78 is 48.5. The lowest BCUT2D eigenvalue weighted by Gasteiger charge is -2.11. The van der Waals surface area contributed by atoms with Crippen LogP contribution in [0, 0.1) is 11.6 Å². The fraction of sp³-hybridized carbons (Fsp3) is 0.129. The quantitative estimate of drug-likeness (QED) is 0.164. The largest absolute Gasteiger partial charge is 0.493 e. The molecule has 4 aromatic carbocycles. The van der Waals surface area contributed by atoms with Gasteiger partial charge in [-0.05, 0) is 82.9 Å². The van der Waals surface area contributed by atoms with Gasteiger partial charge in [0.05, 0.1) is 26.6 Å². The summed E-state index contributed by atoms with van der Waals surface area (Å²) in [7, 11) is 3.02. The zero-order chi connectivity index (χ0) is 29.7. The lowest BCUT2D eigenvalue weighted by molar-refractivity contribution is 0.242. The van der Waals surface area contributed by atoms with Crippen LogP contribution < -0.4 is 29.8 Å². The van der Waals surface area contributed by atoms with Crippen molar-refractivity contribution in [3.8, 4) is 23.0 Å². The molecule has 4 aromatic rings. The smallest absolute Gasteiger partial charge is 0.355 e. The lowest BCUT2D eigenvalue weighted by atomic mass is 10.2. The first-order valence-electron chi connectivity index (χ1n) is 12.7. The Kier molecular flexibility index (Phi) is 10.4. The second-order valence-electron chi connectivity index (χ2n) is 8.72. The predicted molar refractivity (Wildman–Crippen MR) is 154 cm³/mol. The lowest BCUT2D eigenvalue weighted by Crippen LogP contribution is -2.28. The molecule has 0 aliphatic carbocycles. The maximum atomic E-state index is 13.1. The van der Waals surface area contributed by atoms with E-state index in [2.05, 4.69) is 21.1 Å². The molecule has 0 heterocycles. The summed E-state index contributed by atoms with van der Waals surface area (Å²) in [6.07, 6.45) is 2.87. The van der Waals surface area contributed by atoms with Crippen LogP contribution in [-0.2, 0) is 13.2 Å². The third kappa shape index (κ3) is 8.78. The van der Waals surface area contributed by atoms with Crippen LogP contribution in [0.2, 0.25) is 0 Å². The summed E-state index contributed by atoms with van der Waals surface area (Å²) in [4.78, 5) is 12.1. The summed E-state index contributed by atoms with van der Waals surface area (Å²) in [5, 5.41) is 7.83. The fourth-order valence-electron chi connectivity index (χ4n) is 3.61. The zero-order valence-corrected chi connectivity index (χ0v) is 22.8. The summed E-state index contributed by atoms with van der Waals surface area (Å²) in [6, 6.07) is 21.7. The Morgan fingerprint density at radius 2 is 1.05 bits per heavy atom. The van der Waals surface area contributed by atoms with Gasteiger partial charge in [-0.3, -0.25) is 0 Å². The number of rotatable bonds is 12. The molecule has 0 saturated carbocycles. The second kappa shape index (κ2) is 14.8. The Balaban J connectivity index is 1.25. The molecule has 11 heteroatoms. The van der Waals surface area contributed by atoms with Gasteiger partial charge in [0.1, 0.15) is 24.8 Å². The van der Waals surface area contributed by atoms with Crippen molar-refractivity contribution >= 4 is 18.5 Å². The molecule has 0 bridgehead atoms. The molecule has 0 aliphatic heterocycles. The maximum Gasteiger partial charge on any atom is 0.355 e. The standard InChI is InChI=1S/C31H28F2N4O5/c1-39-29-15-23(7-13-27(29)41-19-21-3-9-25(32)10-4-21)17-34-36-31(38)37-35-18-24-8-14-28(30(16-24)40-2)42-20-22-5-11-26(33)12-6-22/h3-18H,19-20H2,1-2H3,(H2,36,37,38)/b34-17-,35-18+. The minimum Gasteiger partial charge on any atom is -0.493 e. The van der Waals surface area contributed by atoms with E-state index in [4.69, 9.17) is 18.9 Å². The van der Waals surface area contributed by atoms with E-state index in [1.165, 1.54) is 50.9 Å². The van der Waals surface area contributed by atoms with Gasteiger partial charge in [-0.15, -0.1) is 0 Å². The number of hydrazone groups is 2. The maximum absolute atomic E-state index is 13.1. The molecule has 0 radical (unpaired) electrons. The van der Waals surface area contributed by atoms with Gasteiger partial charge in [0, 0.05) is 0 Å². The zero-order valence-electron chi connectivity index (χ0n) is 22.8. The Bertz CT molecular complexity index is 1430. The number of urea groups is 1. The number of hydrogen-bond donors (Lipinski definition) is 2. The van der Waals surface area contributed by atoms with Gasteiger partial charge in [-0.25, -0.2) is 24.4 Å². The summed E-state index contributed by atoms with van der Waals surface area (Å²) >= 11 is 0. The van der Waals surface area contributed by atoms with Crippen LogP contribution in [0.4, 0.5) is 13.6 Å². The summed E-state index contributed by atoms with van der Waals surface area (Å²) in [5.41, 5.74) is 7.57. The summed E-state index contributed by atoms with van der Waals surface area (Å²) in [6.45, 7) is 0.489. The van der Waals surface area contributed by atoms with Crippen molar-refractivity contribution in [2.45, 2.75) is 13.2 Å². The van der Waals surface area contributed by atoms with Crippen LogP contribution in [0.3, 0.4) is 0 Å². The second-order valence-corrected chi connectivity index (χ2v) is 8.72. The van der Waals surface area contributed by atoms with E-state index >= 15 is 0 Å². The number of nitrogens with one attached hydrogen (secondary N) is 2. The first-order chi connectivity index (χ1) is 20.4. The predicted octanol–water partition coefficient (Wildman–Crippen LogP) is 5.81. The van der Waals surface area contributed by atoms with E-state index in [0.717, 1.165) is 11.1 Å². The normalized spacial score (nSPS) is 11.0. The molecule has 2 amide bonds. The molecule has 0 spiro atoms. The highest BCUT2D eigenvalue weighted by Crippen LogP contribution is 2.29. The van der Waals surface area contributed by atoms with Gasteiger partial charge in [0.15, 0.2) is 23.0 Å². The van der Waals surface area contributed by atoms with E-state index in [9.17, 15) is 13.6 Å². The van der Waals surface area contributed by atoms with Gasteiger partial charge in [0.25, 0.3) is 0 Å². The number of carbonyl (C=O) groups is 1. The van der Waals surface area contributed by atoms with Crippen LogP contribution >= 0.6 is 0 Å². The molecular weight excluding hydrogens is 546 g/mol. The van der Waals surface area contributed by atoms with Crippen LogP contribution in [-0.4, -0.2) is 32.7 Å². The van der Waals surface area contributed by atoms with E-state index in [-0.39, 0.29) is 24.8 Å². The number of methoxy groups -OCH3 is 2. The molecule has 0 aromatic heterocycles. The van der Waals surface area contributed by atoms with Crippen molar-refractivity contribution in [2.24, 2.45) is 10.2 Å². The van der Waals surface area contributed by atoms with Gasteiger partial charge in [0.2, 0.25) is 0 Å². The molecule has 0 atom stereocenters. The third-order valence-electron chi connectivity index (χ3n) is 5.75. The average Bonchev–Trinajstić information content (AvgIpc) is 3.01. The molecule has 0 saturated heterocycles.